The van der Waals surface area contributed by atoms with E-state index in [4.69, 9.17) is 20.4 Å². The van der Waals surface area contributed by atoms with Gasteiger partial charge in [-0.25, -0.2) is 24.6 Å². The topological polar surface area (TPSA) is 152 Å². The maximum Gasteiger partial charge on any atom is 0.272 e. The molecule has 1 amide bonds. The molecule has 0 fully saturated rings. The number of methoxy groups -OCH3 is 1. The zero-order valence-corrected chi connectivity index (χ0v) is 22.0. The summed E-state index contributed by atoms with van der Waals surface area (Å²) in [7, 11) is 1.49. The SMILES string of the molecule is COc1cncc(C(=O)N[C@H]2CCc3cc(-n4c(-c5cccnc5N)nc5ccc(-n6cccn6)nc54)ccc32)n1. The quantitative estimate of drug-likeness (QED) is 0.321. The van der Waals surface area contributed by atoms with Gasteiger partial charge in [0.2, 0.25) is 5.88 Å². The molecule has 0 saturated carbocycles. The van der Waals surface area contributed by atoms with Crippen LogP contribution in [0.2, 0.25) is 0 Å². The Balaban J connectivity index is 1.29. The van der Waals surface area contributed by atoms with Crippen molar-refractivity contribution >= 4 is 22.9 Å². The van der Waals surface area contributed by atoms with Crippen LogP contribution < -0.4 is 15.8 Å². The molecule has 0 unspecified atom stereocenters. The molecule has 0 spiro atoms. The molecule has 12 heteroatoms. The first kappa shape index (κ1) is 24.4. The van der Waals surface area contributed by atoms with Crippen LogP contribution >= 0.6 is 0 Å². The summed E-state index contributed by atoms with van der Waals surface area (Å²) in [5.74, 6) is 1.66. The second kappa shape index (κ2) is 9.83. The van der Waals surface area contributed by atoms with E-state index in [1.54, 1.807) is 17.1 Å². The van der Waals surface area contributed by atoms with Gasteiger partial charge in [0.25, 0.3) is 5.91 Å². The fourth-order valence-corrected chi connectivity index (χ4v) is 5.19. The molecule has 1 aliphatic carbocycles. The second-order valence-electron chi connectivity index (χ2n) is 9.56. The fourth-order valence-electron chi connectivity index (χ4n) is 5.19. The first-order valence-corrected chi connectivity index (χ1v) is 13.0. The lowest BCUT2D eigenvalue weighted by Gasteiger charge is -2.15. The summed E-state index contributed by atoms with van der Waals surface area (Å²) in [6, 6.07) is 15.4. The fraction of sp³-hybridized carbons (Fsp3) is 0.138. The highest BCUT2D eigenvalue weighted by atomic mass is 16.5. The summed E-state index contributed by atoms with van der Waals surface area (Å²) in [6.45, 7) is 0. The minimum absolute atomic E-state index is 0.155. The van der Waals surface area contributed by atoms with Gasteiger partial charge in [-0.3, -0.25) is 14.3 Å². The Bertz CT molecular complexity index is 1910. The van der Waals surface area contributed by atoms with Crippen molar-refractivity contribution in [3.8, 4) is 28.8 Å². The van der Waals surface area contributed by atoms with Crippen LogP contribution in [0.25, 0.3) is 34.1 Å². The standard InChI is InChI=1S/C29H24N10O2/c1-41-25-16-31-15-23(34-25)29(40)36-21-8-5-17-14-18(6-7-19(17)21)39-27(20-4-2-11-32-26(20)30)35-22-9-10-24(37-28(22)39)38-13-3-12-33-38/h2-4,6-7,9-16,21H,5,8H2,1H3,(H2,30,32)(H,36,40)/t21-/m0/s1. The normalized spacial score (nSPS) is 14.2. The monoisotopic (exact) mass is 544 g/mol. The highest BCUT2D eigenvalue weighted by Gasteiger charge is 2.27. The van der Waals surface area contributed by atoms with Gasteiger partial charge in [0.05, 0.1) is 31.1 Å². The number of benzene rings is 1. The molecule has 0 bridgehead atoms. The highest BCUT2D eigenvalue weighted by molar-refractivity contribution is 5.92. The number of rotatable bonds is 6. The number of nitrogens with zero attached hydrogens (tertiary/aromatic N) is 8. The Labute approximate surface area is 233 Å². The second-order valence-corrected chi connectivity index (χ2v) is 9.56. The Morgan fingerprint density at radius 2 is 2.00 bits per heavy atom. The van der Waals surface area contributed by atoms with Gasteiger partial charge in [-0.05, 0) is 66.4 Å². The van der Waals surface area contributed by atoms with Gasteiger partial charge >= 0.3 is 0 Å². The van der Waals surface area contributed by atoms with E-state index in [1.165, 1.54) is 19.5 Å². The van der Waals surface area contributed by atoms with Crippen molar-refractivity contribution in [3.63, 3.8) is 0 Å². The van der Waals surface area contributed by atoms with Gasteiger partial charge in [-0.2, -0.15) is 5.10 Å². The molecule has 202 valence electrons. The molecule has 5 heterocycles. The van der Waals surface area contributed by atoms with Gasteiger partial charge in [0, 0.05) is 24.3 Å². The van der Waals surface area contributed by atoms with E-state index in [-0.39, 0.29) is 23.5 Å². The van der Waals surface area contributed by atoms with Gasteiger partial charge in [0.1, 0.15) is 17.0 Å². The maximum atomic E-state index is 12.9. The number of carbonyl (C=O) groups excluding carboxylic acids is 1. The third-order valence-electron chi connectivity index (χ3n) is 7.13. The number of ether oxygens (including phenoxy) is 1. The number of anilines is 1. The summed E-state index contributed by atoms with van der Waals surface area (Å²) < 4.78 is 8.80. The van der Waals surface area contributed by atoms with Gasteiger partial charge in [-0.1, -0.05) is 6.07 Å². The van der Waals surface area contributed by atoms with Gasteiger partial charge in [-0.15, -0.1) is 0 Å². The molecule has 3 N–H and O–H groups in total. The average Bonchev–Trinajstić information content (AvgIpc) is 3.76. The number of pyridine rings is 2. The number of fused-ring (bicyclic) bond motifs is 2. The predicted octanol–water partition coefficient (Wildman–Crippen LogP) is 3.47. The number of aryl methyl sites for hydroxylation is 1. The van der Waals surface area contributed by atoms with E-state index < -0.39 is 0 Å². The van der Waals surface area contributed by atoms with E-state index in [0.29, 0.717) is 34.2 Å². The van der Waals surface area contributed by atoms with Crippen LogP contribution in [0.4, 0.5) is 5.82 Å². The first-order chi connectivity index (χ1) is 20.1. The smallest absolute Gasteiger partial charge is 0.272 e. The Morgan fingerprint density at radius 3 is 2.83 bits per heavy atom. The van der Waals surface area contributed by atoms with E-state index in [1.807, 2.05) is 53.2 Å². The van der Waals surface area contributed by atoms with Gasteiger partial charge < -0.3 is 15.8 Å². The molecule has 41 heavy (non-hydrogen) atoms. The zero-order valence-electron chi connectivity index (χ0n) is 22.0. The third-order valence-corrected chi connectivity index (χ3v) is 7.13. The minimum atomic E-state index is -0.302. The molecular formula is C29H24N10O2. The summed E-state index contributed by atoms with van der Waals surface area (Å²) in [4.78, 5) is 35.3. The average molecular weight is 545 g/mol. The lowest BCUT2D eigenvalue weighted by Crippen LogP contribution is -2.28. The molecule has 1 aliphatic rings. The van der Waals surface area contributed by atoms with Crippen LogP contribution in [0, 0.1) is 0 Å². The molecule has 6 aromatic rings. The molecule has 0 radical (unpaired) electrons. The maximum absolute atomic E-state index is 12.9. The number of nitrogen functional groups attached to an aromatic ring is 1. The van der Waals surface area contributed by atoms with Crippen LogP contribution in [0.5, 0.6) is 5.88 Å². The predicted molar refractivity (Wildman–Crippen MR) is 151 cm³/mol. The number of nitrogens with one attached hydrogen (secondary N) is 1. The van der Waals surface area contributed by atoms with Crippen LogP contribution in [0.3, 0.4) is 0 Å². The first-order valence-electron chi connectivity index (χ1n) is 13.0. The number of imidazole rings is 1. The number of hydrogen-bond acceptors (Lipinski definition) is 9. The Hall–Kier alpha value is -5.65. The molecule has 12 nitrogen and oxygen atoms in total. The number of nitrogens with two attached hydrogens (primary N) is 1. The minimum Gasteiger partial charge on any atom is -0.480 e. The van der Waals surface area contributed by atoms with E-state index >= 15 is 0 Å². The van der Waals surface area contributed by atoms with Crippen LogP contribution in [0.15, 0.2) is 79.5 Å². The highest BCUT2D eigenvalue weighted by Crippen LogP contribution is 2.36. The zero-order chi connectivity index (χ0) is 27.9. The van der Waals surface area contributed by atoms with Crippen molar-refractivity contribution in [2.24, 2.45) is 0 Å². The largest absolute Gasteiger partial charge is 0.480 e. The number of amides is 1. The van der Waals surface area contributed by atoms with Crippen LogP contribution in [0.1, 0.15) is 34.1 Å². The third kappa shape index (κ3) is 4.31. The van der Waals surface area contributed by atoms with Crippen LogP contribution in [-0.4, -0.2) is 52.3 Å². The van der Waals surface area contributed by atoms with Crippen molar-refractivity contribution in [2.75, 3.05) is 12.8 Å². The van der Waals surface area contributed by atoms with E-state index in [2.05, 4.69) is 31.4 Å². The van der Waals surface area contributed by atoms with Crippen molar-refractivity contribution in [2.45, 2.75) is 18.9 Å². The molecule has 0 saturated heterocycles. The van der Waals surface area contributed by atoms with Crippen molar-refractivity contribution in [1.82, 2.24) is 44.6 Å². The molecule has 7 rings (SSSR count). The molecule has 1 aromatic carbocycles. The summed E-state index contributed by atoms with van der Waals surface area (Å²) in [5.41, 5.74) is 11.6. The van der Waals surface area contributed by atoms with E-state index in [0.717, 1.165) is 29.7 Å². The number of carbonyl (C=O) groups is 1. The lowest BCUT2D eigenvalue weighted by molar-refractivity contribution is 0.0930. The summed E-state index contributed by atoms with van der Waals surface area (Å²) >= 11 is 0. The van der Waals surface area contributed by atoms with Crippen molar-refractivity contribution in [3.05, 3.63) is 96.3 Å². The summed E-state index contributed by atoms with van der Waals surface area (Å²) in [5, 5.41) is 7.42. The van der Waals surface area contributed by atoms with Crippen molar-refractivity contribution in [1.29, 1.82) is 0 Å². The summed E-state index contributed by atoms with van der Waals surface area (Å²) in [6.07, 6.45) is 9.65. The lowest BCUT2D eigenvalue weighted by atomic mass is 10.1. The van der Waals surface area contributed by atoms with Gasteiger partial charge in [0.15, 0.2) is 17.3 Å². The Kier molecular flexibility index (Phi) is 5.85. The van der Waals surface area contributed by atoms with E-state index in [9.17, 15) is 4.79 Å². The number of hydrogen-bond donors (Lipinski definition) is 2. The Morgan fingerprint density at radius 1 is 1.07 bits per heavy atom. The molecule has 1 atom stereocenters. The van der Waals surface area contributed by atoms with Crippen molar-refractivity contribution < 1.29 is 9.53 Å². The molecule has 0 aliphatic heterocycles. The number of aromatic nitrogens is 8. The molecule has 5 aromatic heterocycles. The molecular weight excluding hydrogens is 520 g/mol. The van der Waals surface area contributed by atoms with Crippen LogP contribution in [-0.2, 0) is 6.42 Å².